The standard InChI is InChI=1S/C19H27N3O4S2/c1-5-7-14(6-2)22(18(27)20-3)17(23)19(10-11-19)13-8-9-16(26-4)15(12-13)21-28(24)25/h8-9,12,14H,5-7,10-11H2,1-4H3,(H,20,27). The summed E-state index contributed by atoms with van der Waals surface area (Å²) in [5, 5.41) is 3.36. The Morgan fingerprint density at radius 1 is 1.39 bits per heavy atom. The molecule has 0 spiro atoms. The monoisotopic (exact) mass is 425 g/mol. The first kappa shape index (κ1) is 22.3. The van der Waals surface area contributed by atoms with Gasteiger partial charge in [0.25, 0.3) is 0 Å². The summed E-state index contributed by atoms with van der Waals surface area (Å²) in [5.74, 6) is 0.294. The summed E-state index contributed by atoms with van der Waals surface area (Å²) in [6.45, 7) is 4.13. The Hall–Kier alpha value is -2.00. The van der Waals surface area contributed by atoms with Gasteiger partial charge in [0, 0.05) is 13.1 Å². The largest absolute Gasteiger partial charge is 0.494 e. The summed E-state index contributed by atoms with van der Waals surface area (Å²) in [4.78, 5) is 15.3. The minimum absolute atomic E-state index is 0.0199. The van der Waals surface area contributed by atoms with E-state index in [1.54, 1.807) is 30.1 Å². The van der Waals surface area contributed by atoms with Gasteiger partial charge in [-0.15, -0.1) is 4.36 Å². The van der Waals surface area contributed by atoms with Crippen LogP contribution in [0.1, 0.15) is 51.5 Å². The average molecular weight is 426 g/mol. The van der Waals surface area contributed by atoms with Crippen molar-refractivity contribution in [3.63, 3.8) is 0 Å². The molecule has 28 heavy (non-hydrogen) atoms. The van der Waals surface area contributed by atoms with Gasteiger partial charge < -0.3 is 10.1 Å². The lowest BCUT2D eigenvalue weighted by molar-refractivity contribution is -0.132. The Morgan fingerprint density at radius 2 is 2.07 bits per heavy atom. The zero-order valence-electron chi connectivity index (χ0n) is 16.7. The summed E-state index contributed by atoms with van der Waals surface area (Å²) >= 11 is 5.45. The molecular formula is C19H27N3O4S2. The SMILES string of the molecule is CCCC(CC)N(C(=O)C1(c2ccc(OC)c(N=S(=O)=O)c2)CC1)C(=S)NC. The minimum atomic E-state index is -2.61. The van der Waals surface area contributed by atoms with Crippen LogP contribution in [0.25, 0.3) is 0 Å². The van der Waals surface area contributed by atoms with E-state index in [-0.39, 0.29) is 17.6 Å². The highest BCUT2D eigenvalue weighted by atomic mass is 32.2. The van der Waals surface area contributed by atoms with Gasteiger partial charge in [0.1, 0.15) is 11.4 Å². The van der Waals surface area contributed by atoms with Crippen molar-refractivity contribution in [3.8, 4) is 5.75 Å². The highest BCUT2D eigenvalue weighted by molar-refractivity contribution is 7.80. The van der Waals surface area contributed by atoms with Gasteiger partial charge >= 0.3 is 10.5 Å². The van der Waals surface area contributed by atoms with Crippen LogP contribution < -0.4 is 10.1 Å². The van der Waals surface area contributed by atoms with Crippen molar-refractivity contribution in [2.24, 2.45) is 4.36 Å². The third kappa shape index (κ3) is 4.52. The van der Waals surface area contributed by atoms with E-state index in [2.05, 4.69) is 16.6 Å². The molecule has 1 aromatic carbocycles. The third-order valence-electron chi connectivity index (χ3n) is 5.17. The molecule has 1 unspecified atom stereocenters. The van der Waals surface area contributed by atoms with E-state index >= 15 is 0 Å². The molecule has 1 aliphatic rings. The average Bonchev–Trinajstić information content (AvgIpc) is 3.48. The molecule has 1 fully saturated rings. The number of methoxy groups -OCH3 is 1. The van der Waals surface area contributed by atoms with Crippen LogP contribution >= 0.6 is 12.2 Å². The van der Waals surface area contributed by atoms with Crippen LogP contribution in [0.3, 0.4) is 0 Å². The van der Waals surface area contributed by atoms with Gasteiger partial charge in [-0.2, -0.15) is 8.42 Å². The molecule has 1 aromatic rings. The fourth-order valence-electron chi connectivity index (χ4n) is 3.51. The number of benzene rings is 1. The van der Waals surface area contributed by atoms with Gasteiger partial charge in [-0.25, -0.2) is 0 Å². The first-order valence-electron chi connectivity index (χ1n) is 9.39. The molecule has 1 saturated carbocycles. The lowest BCUT2D eigenvalue weighted by atomic mass is 9.92. The van der Waals surface area contributed by atoms with Crippen LogP contribution in [-0.2, 0) is 20.7 Å². The Kier molecular flexibility index (Phi) is 7.54. The summed E-state index contributed by atoms with van der Waals surface area (Å²) in [6, 6.07) is 5.10. The maximum atomic E-state index is 13.6. The second kappa shape index (κ2) is 9.47. The van der Waals surface area contributed by atoms with Gasteiger partial charge in [-0.1, -0.05) is 26.3 Å². The fraction of sp³-hybridized carbons (Fsp3) is 0.579. The molecule has 1 atom stereocenters. The van der Waals surface area contributed by atoms with Crippen LogP contribution in [0.4, 0.5) is 5.69 Å². The number of carbonyl (C=O) groups excluding carboxylic acids is 1. The van der Waals surface area contributed by atoms with Crippen LogP contribution in [-0.4, -0.2) is 44.5 Å². The molecule has 0 bridgehead atoms. The maximum Gasteiger partial charge on any atom is 0.316 e. The molecule has 9 heteroatoms. The van der Waals surface area contributed by atoms with Gasteiger partial charge in [0.15, 0.2) is 5.11 Å². The number of carbonyl (C=O) groups is 1. The maximum absolute atomic E-state index is 13.6. The topological polar surface area (TPSA) is 88.1 Å². The molecule has 0 saturated heterocycles. The van der Waals surface area contributed by atoms with Crippen LogP contribution in [0.2, 0.25) is 0 Å². The fourth-order valence-corrected chi connectivity index (χ4v) is 4.05. The number of nitrogens with zero attached hydrogens (tertiary/aromatic N) is 2. The molecule has 1 amide bonds. The number of nitrogens with one attached hydrogen (secondary N) is 1. The first-order valence-corrected chi connectivity index (χ1v) is 10.8. The number of ether oxygens (including phenoxy) is 1. The molecule has 2 rings (SSSR count). The lowest BCUT2D eigenvalue weighted by Gasteiger charge is -2.34. The number of rotatable bonds is 8. The Morgan fingerprint density at radius 3 is 2.54 bits per heavy atom. The Balaban J connectivity index is 2.49. The minimum Gasteiger partial charge on any atom is -0.494 e. The highest BCUT2D eigenvalue weighted by Gasteiger charge is 2.54. The lowest BCUT2D eigenvalue weighted by Crippen LogP contribution is -2.52. The molecule has 0 aliphatic heterocycles. The number of thiocarbonyl (C=S) groups is 1. The van der Waals surface area contributed by atoms with E-state index < -0.39 is 15.9 Å². The van der Waals surface area contributed by atoms with Crippen LogP contribution in [0, 0.1) is 0 Å². The third-order valence-corrected chi connectivity index (χ3v) is 5.92. The summed E-state index contributed by atoms with van der Waals surface area (Å²) < 4.78 is 30.9. The second-order valence-electron chi connectivity index (χ2n) is 6.86. The second-order valence-corrected chi connectivity index (χ2v) is 7.86. The van der Waals surface area contributed by atoms with Gasteiger partial charge in [0.05, 0.1) is 12.5 Å². The number of hydrogen-bond donors (Lipinski definition) is 1. The number of hydrogen-bond acceptors (Lipinski definition) is 6. The zero-order chi connectivity index (χ0) is 20.9. The van der Waals surface area contributed by atoms with Crippen LogP contribution in [0.15, 0.2) is 22.6 Å². The van der Waals surface area contributed by atoms with Crippen molar-refractivity contribution < 1.29 is 17.9 Å². The predicted octanol–water partition coefficient (Wildman–Crippen LogP) is 3.33. The summed E-state index contributed by atoms with van der Waals surface area (Å²) in [5.41, 5.74) is 0.219. The van der Waals surface area contributed by atoms with E-state index in [4.69, 9.17) is 17.0 Å². The smallest absolute Gasteiger partial charge is 0.316 e. The van der Waals surface area contributed by atoms with Crippen molar-refractivity contribution in [1.82, 2.24) is 10.2 Å². The molecule has 0 aromatic heterocycles. The zero-order valence-corrected chi connectivity index (χ0v) is 18.3. The van der Waals surface area contributed by atoms with Gasteiger partial charge in [0.2, 0.25) is 5.91 Å². The normalized spacial score (nSPS) is 15.3. The van der Waals surface area contributed by atoms with Crippen molar-refractivity contribution in [2.75, 3.05) is 14.2 Å². The molecule has 1 N–H and O–H groups in total. The van der Waals surface area contributed by atoms with Crippen LogP contribution in [0.5, 0.6) is 5.75 Å². The van der Waals surface area contributed by atoms with Crippen molar-refractivity contribution >= 4 is 39.4 Å². The van der Waals surface area contributed by atoms with Gasteiger partial charge in [-0.3, -0.25) is 9.69 Å². The number of amides is 1. The molecular weight excluding hydrogens is 398 g/mol. The highest BCUT2D eigenvalue weighted by Crippen LogP contribution is 2.51. The molecule has 0 radical (unpaired) electrons. The van der Waals surface area contributed by atoms with Crippen molar-refractivity contribution in [3.05, 3.63) is 23.8 Å². The van der Waals surface area contributed by atoms with Crippen molar-refractivity contribution in [1.29, 1.82) is 0 Å². The quantitative estimate of drug-likeness (QED) is 0.643. The predicted molar refractivity (Wildman–Crippen MR) is 112 cm³/mol. The Labute approximate surface area is 173 Å². The Bertz CT molecular complexity index is 871. The summed E-state index contributed by atoms with van der Waals surface area (Å²) in [7, 11) is 0.551. The molecule has 7 nitrogen and oxygen atoms in total. The van der Waals surface area contributed by atoms with Gasteiger partial charge in [-0.05, 0) is 55.6 Å². The van der Waals surface area contributed by atoms with E-state index in [9.17, 15) is 13.2 Å². The van der Waals surface area contributed by atoms with E-state index in [1.165, 1.54) is 7.11 Å². The molecule has 1 aliphatic carbocycles. The molecule has 0 heterocycles. The van der Waals surface area contributed by atoms with E-state index in [0.29, 0.717) is 23.7 Å². The van der Waals surface area contributed by atoms with E-state index in [1.807, 2.05) is 6.92 Å². The van der Waals surface area contributed by atoms with Crippen molar-refractivity contribution in [2.45, 2.75) is 57.4 Å². The van der Waals surface area contributed by atoms with E-state index in [0.717, 1.165) is 24.8 Å². The molecule has 154 valence electrons. The summed E-state index contributed by atoms with van der Waals surface area (Å²) in [6.07, 6.45) is 3.98. The first-order chi connectivity index (χ1) is 13.3.